The second kappa shape index (κ2) is 5.50. The number of allylic oxidation sites excluding steroid dienone is 2. The fourth-order valence-electron chi connectivity index (χ4n) is 1.86. The van der Waals surface area contributed by atoms with Crippen LogP contribution in [0, 0.1) is 5.92 Å². The first-order valence-corrected chi connectivity index (χ1v) is 5.73. The van der Waals surface area contributed by atoms with Crippen molar-refractivity contribution in [1.29, 1.82) is 0 Å². The average Bonchev–Trinajstić information content (AvgIpc) is 2.38. The van der Waals surface area contributed by atoms with Crippen LogP contribution >= 0.6 is 0 Å². The maximum atomic E-state index is 11.6. The van der Waals surface area contributed by atoms with E-state index in [1.807, 2.05) is 18.2 Å². The summed E-state index contributed by atoms with van der Waals surface area (Å²) in [6.07, 6.45) is 7.62. The molecule has 16 heavy (non-hydrogen) atoms. The van der Waals surface area contributed by atoms with Gasteiger partial charge in [-0.05, 0) is 37.3 Å². The number of hydrogen-bond acceptors (Lipinski definition) is 2. The molecular formula is C14H16O2. The highest BCUT2D eigenvalue weighted by molar-refractivity contribution is 5.89. The molecule has 0 aromatic heterocycles. The van der Waals surface area contributed by atoms with Crippen LogP contribution in [0.3, 0.4) is 0 Å². The molecule has 2 heteroatoms. The molecule has 1 aliphatic rings. The molecule has 1 aliphatic carbocycles. The van der Waals surface area contributed by atoms with Crippen LogP contribution in [-0.2, 0) is 4.74 Å². The summed E-state index contributed by atoms with van der Waals surface area (Å²) in [4.78, 5) is 11.6. The monoisotopic (exact) mass is 216 g/mol. The van der Waals surface area contributed by atoms with E-state index in [1.54, 1.807) is 12.1 Å². The van der Waals surface area contributed by atoms with Crippen LogP contribution in [0.1, 0.15) is 29.6 Å². The Morgan fingerprint density at radius 1 is 1.25 bits per heavy atom. The second-order valence-electron chi connectivity index (χ2n) is 4.11. The predicted molar refractivity (Wildman–Crippen MR) is 63.2 cm³/mol. The lowest BCUT2D eigenvalue weighted by Crippen LogP contribution is -2.15. The molecule has 1 unspecified atom stereocenters. The van der Waals surface area contributed by atoms with E-state index in [2.05, 4.69) is 12.2 Å². The Bertz CT molecular complexity index is 368. The molecule has 84 valence electrons. The SMILES string of the molecule is O=C(OCC1CC=CCC1)c1ccccc1. The van der Waals surface area contributed by atoms with E-state index in [0.29, 0.717) is 18.1 Å². The van der Waals surface area contributed by atoms with Gasteiger partial charge in [-0.3, -0.25) is 0 Å². The first-order chi connectivity index (χ1) is 7.86. The van der Waals surface area contributed by atoms with Gasteiger partial charge in [0, 0.05) is 0 Å². The van der Waals surface area contributed by atoms with E-state index >= 15 is 0 Å². The average molecular weight is 216 g/mol. The number of rotatable bonds is 3. The summed E-state index contributed by atoms with van der Waals surface area (Å²) in [5.41, 5.74) is 0.633. The molecule has 0 heterocycles. The molecule has 2 nitrogen and oxygen atoms in total. The summed E-state index contributed by atoms with van der Waals surface area (Å²) in [5, 5.41) is 0. The van der Waals surface area contributed by atoms with Crippen LogP contribution in [0.25, 0.3) is 0 Å². The highest BCUT2D eigenvalue weighted by atomic mass is 16.5. The molecular weight excluding hydrogens is 200 g/mol. The van der Waals surface area contributed by atoms with Gasteiger partial charge in [-0.1, -0.05) is 30.4 Å². The Morgan fingerprint density at radius 3 is 2.75 bits per heavy atom. The summed E-state index contributed by atoms with van der Waals surface area (Å²) < 4.78 is 5.29. The van der Waals surface area contributed by atoms with Crippen molar-refractivity contribution < 1.29 is 9.53 Å². The van der Waals surface area contributed by atoms with Crippen molar-refractivity contribution in [3.8, 4) is 0 Å². The molecule has 1 aromatic carbocycles. The Morgan fingerprint density at radius 2 is 2.06 bits per heavy atom. The third-order valence-corrected chi connectivity index (χ3v) is 2.84. The van der Waals surface area contributed by atoms with Crippen LogP contribution in [0.4, 0.5) is 0 Å². The third kappa shape index (κ3) is 2.96. The van der Waals surface area contributed by atoms with Gasteiger partial charge in [0.2, 0.25) is 0 Å². The Labute approximate surface area is 95.9 Å². The van der Waals surface area contributed by atoms with E-state index in [-0.39, 0.29) is 5.97 Å². The lowest BCUT2D eigenvalue weighted by Gasteiger charge is -2.17. The van der Waals surface area contributed by atoms with E-state index in [0.717, 1.165) is 19.3 Å². The summed E-state index contributed by atoms with van der Waals surface area (Å²) in [7, 11) is 0. The minimum atomic E-state index is -0.213. The van der Waals surface area contributed by atoms with Crippen molar-refractivity contribution in [2.24, 2.45) is 5.92 Å². The summed E-state index contributed by atoms with van der Waals surface area (Å²) in [5.74, 6) is 0.285. The van der Waals surface area contributed by atoms with Crippen LogP contribution in [0.5, 0.6) is 0 Å². The minimum Gasteiger partial charge on any atom is -0.462 e. The van der Waals surface area contributed by atoms with Crippen molar-refractivity contribution in [1.82, 2.24) is 0 Å². The summed E-state index contributed by atoms with van der Waals surface area (Å²) >= 11 is 0. The number of carbonyl (C=O) groups is 1. The fraction of sp³-hybridized carbons (Fsp3) is 0.357. The molecule has 0 spiro atoms. The highest BCUT2D eigenvalue weighted by Crippen LogP contribution is 2.18. The van der Waals surface area contributed by atoms with Gasteiger partial charge in [-0.25, -0.2) is 4.79 Å². The van der Waals surface area contributed by atoms with Crippen molar-refractivity contribution in [2.75, 3.05) is 6.61 Å². The number of benzene rings is 1. The fourth-order valence-corrected chi connectivity index (χ4v) is 1.86. The Kier molecular flexibility index (Phi) is 3.76. The van der Waals surface area contributed by atoms with Gasteiger partial charge in [0.1, 0.15) is 0 Å². The van der Waals surface area contributed by atoms with Crippen molar-refractivity contribution in [3.05, 3.63) is 48.0 Å². The van der Waals surface area contributed by atoms with Gasteiger partial charge in [-0.2, -0.15) is 0 Å². The summed E-state index contributed by atoms with van der Waals surface area (Å²) in [6, 6.07) is 9.15. The lowest BCUT2D eigenvalue weighted by molar-refractivity contribution is 0.0432. The van der Waals surface area contributed by atoms with Gasteiger partial charge < -0.3 is 4.74 Å². The lowest BCUT2D eigenvalue weighted by atomic mass is 9.95. The molecule has 0 saturated heterocycles. The molecule has 0 fully saturated rings. The first-order valence-electron chi connectivity index (χ1n) is 5.73. The number of carbonyl (C=O) groups excluding carboxylic acids is 1. The van der Waals surface area contributed by atoms with Gasteiger partial charge in [0.15, 0.2) is 0 Å². The van der Waals surface area contributed by atoms with Gasteiger partial charge >= 0.3 is 5.97 Å². The standard InChI is InChI=1S/C14H16O2/c15-14(13-9-5-2-6-10-13)16-11-12-7-3-1-4-8-12/h1-3,5-6,9-10,12H,4,7-8,11H2. The zero-order chi connectivity index (χ0) is 11.2. The molecule has 1 atom stereocenters. The van der Waals surface area contributed by atoms with E-state index in [1.165, 1.54) is 0 Å². The number of hydrogen-bond donors (Lipinski definition) is 0. The van der Waals surface area contributed by atoms with Crippen molar-refractivity contribution in [3.63, 3.8) is 0 Å². The van der Waals surface area contributed by atoms with Crippen molar-refractivity contribution >= 4 is 5.97 Å². The van der Waals surface area contributed by atoms with Crippen molar-refractivity contribution in [2.45, 2.75) is 19.3 Å². The smallest absolute Gasteiger partial charge is 0.338 e. The van der Waals surface area contributed by atoms with Crippen LogP contribution in [0.2, 0.25) is 0 Å². The maximum Gasteiger partial charge on any atom is 0.338 e. The predicted octanol–water partition coefficient (Wildman–Crippen LogP) is 3.20. The zero-order valence-electron chi connectivity index (χ0n) is 9.26. The maximum absolute atomic E-state index is 11.6. The summed E-state index contributed by atoms with van der Waals surface area (Å²) in [6.45, 7) is 0.540. The van der Waals surface area contributed by atoms with Crippen LogP contribution in [-0.4, -0.2) is 12.6 Å². The van der Waals surface area contributed by atoms with Gasteiger partial charge in [0.05, 0.1) is 12.2 Å². The normalized spacial score (nSPS) is 19.4. The van der Waals surface area contributed by atoms with E-state index in [4.69, 9.17) is 4.74 Å². The molecule has 0 amide bonds. The number of esters is 1. The molecule has 0 N–H and O–H groups in total. The quantitative estimate of drug-likeness (QED) is 0.573. The minimum absolute atomic E-state index is 0.213. The van der Waals surface area contributed by atoms with Crippen LogP contribution in [0.15, 0.2) is 42.5 Å². The third-order valence-electron chi connectivity index (χ3n) is 2.84. The topological polar surface area (TPSA) is 26.3 Å². The van der Waals surface area contributed by atoms with Gasteiger partial charge in [-0.15, -0.1) is 0 Å². The van der Waals surface area contributed by atoms with Crippen LogP contribution < -0.4 is 0 Å². The highest BCUT2D eigenvalue weighted by Gasteiger charge is 2.13. The van der Waals surface area contributed by atoms with E-state index in [9.17, 15) is 4.79 Å². The van der Waals surface area contributed by atoms with Gasteiger partial charge in [0.25, 0.3) is 0 Å². The molecule has 0 bridgehead atoms. The molecule has 0 radical (unpaired) electrons. The Balaban J connectivity index is 1.82. The number of ether oxygens (including phenoxy) is 1. The molecule has 2 rings (SSSR count). The Hall–Kier alpha value is -1.57. The van der Waals surface area contributed by atoms with E-state index < -0.39 is 0 Å². The molecule has 0 aliphatic heterocycles. The molecule has 1 aromatic rings. The molecule has 0 saturated carbocycles. The zero-order valence-corrected chi connectivity index (χ0v) is 9.26. The first kappa shape index (κ1) is 10.9. The largest absolute Gasteiger partial charge is 0.462 e. The second-order valence-corrected chi connectivity index (χ2v) is 4.11.